The van der Waals surface area contributed by atoms with Crippen LogP contribution in [0.3, 0.4) is 0 Å². The maximum absolute atomic E-state index is 11.0. The van der Waals surface area contributed by atoms with E-state index < -0.39 is 0 Å². The Morgan fingerprint density at radius 1 is 1.58 bits per heavy atom. The molecule has 0 aromatic carbocycles. The van der Waals surface area contributed by atoms with E-state index >= 15 is 0 Å². The van der Waals surface area contributed by atoms with Crippen molar-refractivity contribution in [1.29, 1.82) is 0 Å². The molecule has 1 rings (SSSR count). The molecule has 1 fully saturated rings. The number of carbonyl (C=O) groups excluding carboxylic acids is 1. The van der Waals surface area contributed by atoms with Crippen molar-refractivity contribution in [3.05, 3.63) is 0 Å². The average molecular weight is 164 g/mol. The Bertz CT molecular complexity index is 207. The molecule has 1 heteroatoms. The van der Waals surface area contributed by atoms with E-state index in [0.29, 0.717) is 18.1 Å². The van der Waals surface area contributed by atoms with Crippen molar-refractivity contribution in [2.75, 3.05) is 0 Å². The van der Waals surface area contributed by atoms with Crippen LogP contribution in [-0.2, 0) is 4.79 Å². The summed E-state index contributed by atoms with van der Waals surface area (Å²) in [4.78, 5) is 11.0. The Kier molecular flexibility index (Phi) is 3.87. The van der Waals surface area contributed by atoms with E-state index in [1.54, 1.807) is 0 Å². The van der Waals surface area contributed by atoms with Crippen molar-refractivity contribution in [3.63, 3.8) is 0 Å². The number of hydrogen-bond acceptors (Lipinski definition) is 1. The van der Waals surface area contributed by atoms with Gasteiger partial charge < -0.3 is 0 Å². The zero-order chi connectivity index (χ0) is 8.81. The van der Waals surface area contributed by atoms with Crippen molar-refractivity contribution in [2.45, 2.75) is 45.4 Å². The average Bonchev–Trinajstić information content (AvgIpc) is 2.05. The molecule has 0 heterocycles. The molecule has 0 saturated heterocycles. The zero-order valence-electron chi connectivity index (χ0n) is 7.73. The second-order valence-electron chi connectivity index (χ2n) is 3.40. The highest BCUT2D eigenvalue weighted by Crippen LogP contribution is 2.20. The minimum Gasteiger partial charge on any atom is -0.300 e. The third-order valence-corrected chi connectivity index (χ3v) is 2.16. The molecule has 0 aromatic rings. The van der Waals surface area contributed by atoms with Gasteiger partial charge in [-0.1, -0.05) is 12.8 Å². The third kappa shape index (κ3) is 3.09. The number of rotatable bonds is 1. The summed E-state index contributed by atoms with van der Waals surface area (Å²) in [6.07, 6.45) is 5.76. The molecule has 1 saturated carbocycles. The Labute approximate surface area is 74.5 Å². The Hall–Kier alpha value is -0.770. The van der Waals surface area contributed by atoms with Gasteiger partial charge in [0, 0.05) is 25.2 Å². The molecule has 0 bridgehead atoms. The first-order valence-electron chi connectivity index (χ1n) is 4.83. The number of carbonyl (C=O) groups is 1. The predicted octanol–water partition coefficient (Wildman–Crippen LogP) is 2.55. The van der Waals surface area contributed by atoms with Gasteiger partial charge in [0.05, 0.1) is 0 Å². The van der Waals surface area contributed by atoms with Crippen molar-refractivity contribution < 1.29 is 4.79 Å². The predicted molar refractivity (Wildman–Crippen MR) is 49.6 cm³/mol. The second kappa shape index (κ2) is 4.98. The van der Waals surface area contributed by atoms with Gasteiger partial charge in [0.25, 0.3) is 0 Å². The minimum absolute atomic E-state index is 0.373. The van der Waals surface area contributed by atoms with Crippen molar-refractivity contribution in [2.24, 2.45) is 5.92 Å². The number of Topliss-reactive ketones (excluding diaryl/α,β-unsaturated/α-hetero) is 1. The van der Waals surface area contributed by atoms with Crippen molar-refractivity contribution >= 4 is 5.78 Å². The lowest BCUT2D eigenvalue weighted by Crippen LogP contribution is -2.13. The van der Waals surface area contributed by atoms with Crippen LogP contribution in [0.15, 0.2) is 0 Å². The van der Waals surface area contributed by atoms with E-state index in [9.17, 15) is 4.79 Å². The molecule has 1 nitrogen and oxygen atoms in total. The normalized spacial score (nSPS) is 23.1. The molecule has 0 spiro atoms. The van der Waals surface area contributed by atoms with E-state index in [2.05, 4.69) is 18.8 Å². The fourth-order valence-electron chi connectivity index (χ4n) is 1.49. The van der Waals surface area contributed by atoms with Crippen LogP contribution in [0.1, 0.15) is 45.4 Å². The Morgan fingerprint density at radius 2 is 2.42 bits per heavy atom. The van der Waals surface area contributed by atoms with Crippen LogP contribution in [-0.4, -0.2) is 5.78 Å². The molecular weight excluding hydrogens is 148 g/mol. The molecule has 0 radical (unpaired) electrons. The maximum Gasteiger partial charge on any atom is 0.134 e. The van der Waals surface area contributed by atoms with E-state index in [1.807, 2.05) is 0 Å². The van der Waals surface area contributed by atoms with Gasteiger partial charge in [0.1, 0.15) is 5.78 Å². The molecule has 66 valence electrons. The number of unbranched alkanes of at least 4 members (excludes halogenated alkanes) is 1. The molecule has 0 aromatic heterocycles. The van der Waals surface area contributed by atoms with Gasteiger partial charge in [-0.3, -0.25) is 4.79 Å². The van der Waals surface area contributed by atoms with Crippen molar-refractivity contribution in [1.82, 2.24) is 0 Å². The van der Waals surface area contributed by atoms with Gasteiger partial charge in [0.2, 0.25) is 0 Å². The highest BCUT2D eigenvalue weighted by atomic mass is 16.1. The summed E-state index contributed by atoms with van der Waals surface area (Å²) in [6.45, 7) is 2.13. The van der Waals surface area contributed by atoms with Crippen LogP contribution < -0.4 is 0 Å². The zero-order valence-corrected chi connectivity index (χ0v) is 7.73. The SMILES string of the molecule is CCCC#CC1CCCC(=O)C1. The molecule has 1 atom stereocenters. The summed E-state index contributed by atoms with van der Waals surface area (Å²) in [7, 11) is 0. The molecule has 12 heavy (non-hydrogen) atoms. The number of hydrogen-bond donors (Lipinski definition) is 0. The van der Waals surface area contributed by atoms with E-state index in [0.717, 1.165) is 32.1 Å². The first-order chi connectivity index (χ1) is 5.83. The number of ketones is 1. The summed E-state index contributed by atoms with van der Waals surface area (Å²) in [5.74, 6) is 7.08. The molecule has 0 amide bonds. The molecular formula is C11H16O. The van der Waals surface area contributed by atoms with E-state index in [-0.39, 0.29) is 0 Å². The summed E-state index contributed by atoms with van der Waals surface area (Å²) in [5, 5.41) is 0. The highest BCUT2D eigenvalue weighted by Gasteiger charge is 2.16. The second-order valence-corrected chi connectivity index (χ2v) is 3.40. The Morgan fingerprint density at radius 3 is 3.08 bits per heavy atom. The fraction of sp³-hybridized carbons (Fsp3) is 0.727. The van der Waals surface area contributed by atoms with Gasteiger partial charge in [-0.2, -0.15) is 0 Å². The summed E-state index contributed by atoms with van der Waals surface area (Å²) in [6, 6.07) is 0. The first kappa shape index (κ1) is 9.32. The van der Waals surface area contributed by atoms with Crippen LogP contribution in [0, 0.1) is 17.8 Å². The van der Waals surface area contributed by atoms with E-state index in [1.165, 1.54) is 0 Å². The lowest BCUT2D eigenvalue weighted by atomic mass is 9.89. The quantitative estimate of drug-likeness (QED) is 0.544. The Balaban J connectivity index is 2.33. The molecule has 1 aliphatic rings. The smallest absolute Gasteiger partial charge is 0.134 e. The van der Waals surface area contributed by atoms with Gasteiger partial charge >= 0.3 is 0 Å². The van der Waals surface area contributed by atoms with Crippen LogP contribution >= 0.6 is 0 Å². The summed E-state index contributed by atoms with van der Waals surface area (Å²) >= 11 is 0. The fourth-order valence-corrected chi connectivity index (χ4v) is 1.49. The molecule has 1 aliphatic carbocycles. The van der Waals surface area contributed by atoms with Crippen LogP contribution in [0.4, 0.5) is 0 Å². The van der Waals surface area contributed by atoms with Gasteiger partial charge in [-0.25, -0.2) is 0 Å². The third-order valence-electron chi connectivity index (χ3n) is 2.16. The van der Waals surface area contributed by atoms with Crippen molar-refractivity contribution in [3.8, 4) is 11.8 Å². The highest BCUT2D eigenvalue weighted by molar-refractivity contribution is 5.79. The van der Waals surface area contributed by atoms with Crippen LogP contribution in [0.5, 0.6) is 0 Å². The summed E-state index contributed by atoms with van der Waals surface area (Å²) < 4.78 is 0. The molecule has 1 unspecified atom stereocenters. The molecule has 0 aliphatic heterocycles. The lowest BCUT2D eigenvalue weighted by molar-refractivity contribution is -0.120. The van der Waals surface area contributed by atoms with Gasteiger partial charge in [-0.15, -0.1) is 5.92 Å². The largest absolute Gasteiger partial charge is 0.300 e. The maximum atomic E-state index is 11.0. The van der Waals surface area contributed by atoms with Crippen LogP contribution in [0.2, 0.25) is 0 Å². The van der Waals surface area contributed by atoms with E-state index in [4.69, 9.17) is 0 Å². The summed E-state index contributed by atoms with van der Waals surface area (Å²) in [5.41, 5.74) is 0. The van der Waals surface area contributed by atoms with Gasteiger partial charge in [-0.05, 0) is 19.3 Å². The lowest BCUT2D eigenvalue weighted by Gasteiger charge is -2.14. The monoisotopic (exact) mass is 164 g/mol. The van der Waals surface area contributed by atoms with Crippen LogP contribution in [0.25, 0.3) is 0 Å². The minimum atomic E-state index is 0.373. The topological polar surface area (TPSA) is 17.1 Å². The standard InChI is InChI=1S/C11H16O/c1-2-3-4-6-10-7-5-8-11(12)9-10/h10H,2-3,5,7-9H2,1H3. The molecule has 0 N–H and O–H groups in total. The first-order valence-corrected chi connectivity index (χ1v) is 4.83. The van der Waals surface area contributed by atoms with Gasteiger partial charge in [0.15, 0.2) is 0 Å².